The van der Waals surface area contributed by atoms with Gasteiger partial charge in [-0.05, 0) is 45.0 Å². The van der Waals surface area contributed by atoms with E-state index in [0.29, 0.717) is 11.3 Å². The number of benzene rings is 1. The van der Waals surface area contributed by atoms with Crippen LogP contribution in [0.25, 0.3) is 11.0 Å². The molecule has 0 aliphatic rings. The summed E-state index contributed by atoms with van der Waals surface area (Å²) in [5.41, 5.74) is 2.55. The quantitative estimate of drug-likeness (QED) is 0.463. The number of imidazole rings is 1. The molecule has 0 spiro atoms. The van der Waals surface area contributed by atoms with Crippen LogP contribution in [0.15, 0.2) is 34.2 Å². The van der Waals surface area contributed by atoms with E-state index in [4.69, 9.17) is 4.98 Å². The minimum atomic E-state index is -3.48. The second kappa shape index (κ2) is 7.57. The first kappa shape index (κ1) is 19.8. The Morgan fingerprint density at radius 3 is 2.48 bits per heavy atom. The number of aryl methyl sites for hydroxylation is 3. The summed E-state index contributed by atoms with van der Waals surface area (Å²) in [4.78, 5) is 13.7. The summed E-state index contributed by atoms with van der Waals surface area (Å²) >= 11 is 1.60. The first-order valence-electron chi connectivity index (χ1n) is 8.59. The molecule has 2 aromatic heterocycles. The van der Waals surface area contributed by atoms with Crippen molar-refractivity contribution in [3.8, 4) is 0 Å². The summed E-state index contributed by atoms with van der Waals surface area (Å²) in [5, 5.41) is 0.908. The topological polar surface area (TPSA) is 81.0 Å². The summed E-state index contributed by atoms with van der Waals surface area (Å²) in [6.07, 6.45) is 0. The van der Waals surface area contributed by atoms with Gasteiger partial charge in [0.2, 0.25) is 10.0 Å². The molecule has 3 rings (SSSR count). The zero-order valence-electron chi connectivity index (χ0n) is 16.1. The molecule has 0 aliphatic heterocycles. The van der Waals surface area contributed by atoms with Crippen LogP contribution < -0.4 is 0 Å². The molecule has 0 atom stereocenters. The number of nitrogens with zero attached hydrogens (tertiary/aromatic N) is 5. The highest BCUT2D eigenvalue weighted by atomic mass is 32.2. The fraction of sp³-hybridized carbons (Fsp3) is 0.389. The molecule has 0 N–H and O–H groups in total. The molecule has 0 radical (unpaired) electrons. The molecular weight excluding hydrogens is 382 g/mol. The number of aromatic nitrogens is 4. The first-order valence-corrected chi connectivity index (χ1v) is 11.0. The summed E-state index contributed by atoms with van der Waals surface area (Å²) in [5.74, 6) is 2.29. The average Bonchev–Trinajstić information content (AvgIpc) is 2.95. The number of rotatable bonds is 6. The van der Waals surface area contributed by atoms with Crippen LogP contribution in [0.1, 0.15) is 24.3 Å². The lowest BCUT2D eigenvalue weighted by atomic mass is 10.3. The minimum absolute atomic E-state index is 0.252. The third-order valence-electron chi connectivity index (χ3n) is 4.19. The molecule has 0 fully saturated rings. The first-order chi connectivity index (χ1) is 12.7. The van der Waals surface area contributed by atoms with Gasteiger partial charge in [-0.25, -0.2) is 27.7 Å². The molecule has 0 aliphatic carbocycles. The second-order valence-electron chi connectivity index (χ2n) is 6.39. The van der Waals surface area contributed by atoms with Gasteiger partial charge in [0.1, 0.15) is 16.7 Å². The van der Waals surface area contributed by atoms with E-state index in [9.17, 15) is 8.42 Å². The molecule has 0 bridgehead atoms. The molecule has 0 amide bonds. The largest absolute Gasteiger partial charge is 0.328 e. The molecule has 0 unspecified atom stereocenters. The van der Waals surface area contributed by atoms with Gasteiger partial charge in [0, 0.05) is 26.3 Å². The van der Waals surface area contributed by atoms with Crippen molar-refractivity contribution in [3.05, 3.63) is 41.6 Å². The van der Waals surface area contributed by atoms with Gasteiger partial charge in [0.25, 0.3) is 0 Å². The van der Waals surface area contributed by atoms with Gasteiger partial charge in [-0.2, -0.15) is 0 Å². The van der Waals surface area contributed by atoms with Gasteiger partial charge >= 0.3 is 0 Å². The third-order valence-corrected chi connectivity index (χ3v) is 6.90. The van der Waals surface area contributed by atoms with Crippen LogP contribution in [0.3, 0.4) is 0 Å². The summed E-state index contributed by atoms with van der Waals surface area (Å²) in [6.45, 7) is 6.64. The molecule has 27 heavy (non-hydrogen) atoms. The highest BCUT2D eigenvalue weighted by Crippen LogP contribution is 2.26. The monoisotopic (exact) mass is 405 g/mol. The Labute approximate surface area is 163 Å². The van der Waals surface area contributed by atoms with Gasteiger partial charge < -0.3 is 4.57 Å². The van der Waals surface area contributed by atoms with E-state index in [-0.39, 0.29) is 4.90 Å². The van der Waals surface area contributed by atoms with Gasteiger partial charge in [-0.15, -0.1) is 0 Å². The lowest BCUT2D eigenvalue weighted by Crippen LogP contribution is -2.22. The maximum absolute atomic E-state index is 12.4. The molecule has 7 nitrogen and oxygen atoms in total. The van der Waals surface area contributed by atoms with Crippen molar-refractivity contribution in [2.24, 2.45) is 0 Å². The lowest BCUT2D eigenvalue weighted by Gasteiger charge is -2.11. The van der Waals surface area contributed by atoms with Crippen LogP contribution in [0.2, 0.25) is 0 Å². The fourth-order valence-electron chi connectivity index (χ4n) is 2.89. The number of fused-ring (bicyclic) bond motifs is 1. The van der Waals surface area contributed by atoms with E-state index in [1.165, 1.54) is 18.4 Å². The standard InChI is InChI=1S/C18H23N5O2S2/c1-6-23-16-8-7-14(27(24,25)22(4)5)10-15(16)21-17(23)11-26-18-9-12(2)19-13(3)20-18/h7-10H,6,11H2,1-5H3. The predicted octanol–water partition coefficient (Wildman–Crippen LogP) is 3.01. The number of hydrogen-bond acceptors (Lipinski definition) is 6. The van der Waals surface area contributed by atoms with Crippen LogP contribution in [0.4, 0.5) is 0 Å². The molecular formula is C18H23N5O2S2. The van der Waals surface area contributed by atoms with Gasteiger partial charge in [0.05, 0.1) is 21.7 Å². The zero-order chi connectivity index (χ0) is 19.8. The Balaban J connectivity index is 1.96. The van der Waals surface area contributed by atoms with Gasteiger partial charge in [-0.1, -0.05) is 11.8 Å². The van der Waals surface area contributed by atoms with Crippen LogP contribution >= 0.6 is 11.8 Å². The smallest absolute Gasteiger partial charge is 0.242 e. The zero-order valence-corrected chi connectivity index (χ0v) is 17.7. The van der Waals surface area contributed by atoms with Gasteiger partial charge in [-0.3, -0.25) is 0 Å². The molecule has 3 aromatic rings. The Bertz CT molecular complexity index is 1070. The van der Waals surface area contributed by atoms with Crippen molar-refractivity contribution in [3.63, 3.8) is 0 Å². The Hall–Kier alpha value is -1.97. The SMILES string of the molecule is CCn1c(CSc2cc(C)nc(C)n2)nc2cc(S(=O)(=O)N(C)C)ccc21. The molecule has 0 saturated carbocycles. The van der Waals surface area contributed by atoms with E-state index >= 15 is 0 Å². The van der Waals surface area contributed by atoms with E-state index in [0.717, 1.165) is 34.4 Å². The fourth-order valence-corrected chi connectivity index (χ4v) is 4.76. The molecule has 144 valence electrons. The van der Waals surface area contributed by atoms with E-state index in [1.54, 1.807) is 23.9 Å². The molecule has 2 heterocycles. The van der Waals surface area contributed by atoms with E-state index in [2.05, 4.69) is 21.5 Å². The maximum Gasteiger partial charge on any atom is 0.242 e. The number of thioether (sulfide) groups is 1. The Kier molecular flexibility index (Phi) is 5.55. The van der Waals surface area contributed by atoms with Gasteiger partial charge in [0.15, 0.2) is 0 Å². The molecule has 0 saturated heterocycles. The minimum Gasteiger partial charge on any atom is -0.328 e. The number of sulfonamides is 1. The van der Waals surface area contributed by atoms with Crippen molar-refractivity contribution in [2.45, 2.75) is 43.0 Å². The third kappa shape index (κ3) is 3.99. The predicted molar refractivity (Wildman–Crippen MR) is 107 cm³/mol. The van der Waals surface area contributed by atoms with Crippen LogP contribution in [-0.2, 0) is 22.3 Å². The van der Waals surface area contributed by atoms with Crippen molar-refractivity contribution in [2.75, 3.05) is 14.1 Å². The van der Waals surface area contributed by atoms with E-state index < -0.39 is 10.0 Å². The Morgan fingerprint density at radius 2 is 1.85 bits per heavy atom. The average molecular weight is 406 g/mol. The van der Waals surface area contributed by atoms with Crippen LogP contribution in [0, 0.1) is 13.8 Å². The molecule has 9 heteroatoms. The van der Waals surface area contributed by atoms with Crippen molar-refractivity contribution < 1.29 is 8.42 Å². The van der Waals surface area contributed by atoms with Crippen LogP contribution in [-0.4, -0.2) is 46.3 Å². The van der Waals surface area contributed by atoms with Crippen LogP contribution in [0.5, 0.6) is 0 Å². The van der Waals surface area contributed by atoms with Crippen molar-refractivity contribution >= 4 is 32.8 Å². The highest BCUT2D eigenvalue weighted by molar-refractivity contribution is 7.98. The summed E-state index contributed by atoms with van der Waals surface area (Å²) in [6, 6.07) is 7.07. The second-order valence-corrected chi connectivity index (χ2v) is 9.54. The molecule has 1 aromatic carbocycles. The highest BCUT2D eigenvalue weighted by Gasteiger charge is 2.19. The lowest BCUT2D eigenvalue weighted by molar-refractivity contribution is 0.521. The van der Waals surface area contributed by atoms with Crippen molar-refractivity contribution in [1.82, 2.24) is 23.8 Å². The number of hydrogen-bond donors (Lipinski definition) is 0. The summed E-state index contributed by atoms with van der Waals surface area (Å²) < 4.78 is 28.1. The maximum atomic E-state index is 12.4. The Morgan fingerprint density at radius 1 is 1.11 bits per heavy atom. The normalized spacial score (nSPS) is 12.2. The van der Waals surface area contributed by atoms with Crippen molar-refractivity contribution in [1.29, 1.82) is 0 Å². The van der Waals surface area contributed by atoms with E-state index in [1.807, 2.05) is 26.0 Å². The summed E-state index contributed by atoms with van der Waals surface area (Å²) in [7, 11) is -0.430.